The van der Waals surface area contributed by atoms with E-state index in [-0.39, 0.29) is 6.54 Å². The van der Waals surface area contributed by atoms with E-state index in [9.17, 15) is 4.39 Å². The Labute approximate surface area is 142 Å². The van der Waals surface area contributed by atoms with Crippen molar-refractivity contribution in [3.05, 3.63) is 58.5 Å². The molecule has 0 bridgehead atoms. The molecule has 0 saturated heterocycles. The van der Waals surface area contributed by atoms with Crippen molar-refractivity contribution in [1.82, 2.24) is 15.1 Å². The van der Waals surface area contributed by atoms with Gasteiger partial charge in [0.1, 0.15) is 10.8 Å². The van der Waals surface area contributed by atoms with Gasteiger partial charge in [0.2, 0.25) is 0 Å². The van der Waals surface area contributed by atoms with E-state index in [0.717, 1.165) is 0 Å². The first-order chi connectivity index (χ1) is 10.5. The second-order valence-electron chi connectivity index (χ2n) is 4.35. The summed E-state index contributed by atoms with van der Waals surface area (Å²) >= 11 is 17.2. The second kappa shape index (κ2) is 7.58. The highest BCUT2D eigenvalue weighted by atomic mass is 35.5. The third-order valence-corrected chi connectivity index (χ3v) is 3.61. The number of nitrogens with zero attached hydrogens (tertiary/aromatic N) is 2. The van der Waals surface area contributed by atoms with E-state index in [1.54, 1.807) is 24.4 Å². The van der Waals surface area contributed by atoms with Crippen LogP contribution in [0, 0.1) is 5.82 Å². The minimum absolute atomic E-state index is 0.166. The molecule has 4 nitrogen and oxygen atoms in total. The van der Waals surface area contributed by atoms with Crippen LogP contribution in [0.25, 0.3) is 0 Å². The fraction of sp³-hybridized carbons (Fsp3) is 0.143. The molecule has 1 aromatic heterocycles. The normalized spacial score (nSPS) is 10.3. The summed E-state index contributed by atoms with van der Waals surface area (Å²) in [6.07, 6.45) is 3.25. The van der Waals surface area contributed by atoms with Gasteiger partial charge in [0.05, 0.1) is 6.54 Å². The molecule has 0 aliphatic carbocycles. The Morgan fingerprint density at radius 2 is 2.18 bits per heavy atom. The predicted molar refractivity (Wildman–Crippen MR) is 92.2 cm³/mol. The number of nitrogens with one attached hydrogen (secondary N) is 2. The molecule has 1 aromatic carbocycles. The van der Waals surface area contributed by atoms with Gasteiger partial charge in [-0.2, -0.15) is 5.10 Å². The average molecular weight is 359 g/mol. The molecular formula is C14H13Cl2FN4S. The Morgan fingerprint density at radius 1 is 1.41 bits per heavy atom. The summed E-state index contributed by atoms with van der Waals surface area (Å²) in [4.78, 5) is 0. The van der Waals surface area contributed by atoms with Crippen molar-refractivity contribution in [3.8, 4) is 0 Å². The summed E-state index contributed by atoms with van der Waals surface area (Å²) < 4.78 is 15.3. The summed E-state index contributed by atoms with van der Waals surface area (Å²) in [6.45, 7) is 4.27. The van der Waals surface area contributed by atoms with Crippen LogP contribution in [0.1, 0.15) is 5.56 Å². The third-order valence-electron chi connectivity index (χ3n) is 2.74. The molecule has 8 heteroatoms. The SMILES string of the molecule is C=CCNC(=S)Nc1nn(Cc2c(F)cccc2Cl)cc1Cl. The molecule has 0 fully saturated rings. The third kappa shape index (κ3) is 4.19. The standard InChI is InChI=1S/C14H13Cl2FN4S/c1-2-6-18-14(22)19-13-11(16)8-21(20-13)7-9-10(15)4-3-5-12(9)17/h2-5,8H,1,6-7H2,(H2,18,19,20,22). The van der Waals surface area contributed by atoms with E-state index in [4.69, 9.17) is 35.4 Å². The van der Waals surface area contributed by atoms with Crippen molar-refractivity contribution in [2.75, 3.05) is 11.9 Å². The second-order valence-corrected chi connectivity index (χ2v) is 5.57. The number of halogens is 3. The van der Waals surface area contributed by atoms with Gasteiger partial charge in [0.15, 0.2) is 10.9 Å². The van der Waals surface area contributed by atoms with Crippen LogP contribution in [0.3, 0.4) is 0 Å². The maximum absolute atomic E-state index is 13.8. The van der Waals surface area contributed by atoms with Crippen molar-refractivity contribution in [3.63, 3.8) is 0 Å². The van der Waals surface area contributed by atoms with E-state index < -0.39 is 5.82 Å². The summed E-state index contributed by atoms with van der Waals surface area (Å²) in [5.41, 5.74) is 0.349. The largest absolute Gasteiger partial charge is 0.359 e. The predicted octanol–water partition coefficient (Wildman–Crippen LogP) is 3.85. The molecule has 0 saturated carbocycles. The number of thiocarbonyl (C=S) groups is 1. The maximum atomic E-state index is 13.8. The van der Waals surface area contributed by atoms with Crippen molar-refractivity contribution in [2.45, 2.75) is 6.54 Å². The topological polar surface area (TPSA) is 41.9 Å². The Morgan fingerprint density at radius 3 is 2.86 bits per heavy atom. The Balaban J connectivity index is 2.13. The van der Waals surface area contributed by atoms with E-state index in [2.05, 4.69) is 22.3 Å². The number of anilines is 1. The molecule has 2 aromatic rings. The monoisotopic (exact) mass is 358 g/mol. The molecule has 0 amide bonds. The molecule has 0 radical (unpaired) electrons. The van der Waals surface area contributed by atoms with Crippen LogP contribution in [0.5, 0.6) is 0 Å². The van der Waals surface area contributed by atoms with E-state index in [0.29, 0.717) is 33.1 Å². The molecule has 0 spiro atoms. The van der Waals surface area contributed by atoms with Gasteiger partial charge in [0, 0.05) is 23.3 Å². The summed E-state index contributed by atoms with van der Waals surface area (Å²) in [5, 5.41) is 11.1. The van der Waals surface area contributed by atoms with Crippen LogP contribution in [0.2, 0.25) is 10.0 Å². The molecule has 2 rings (SSSR count). The fourth-order valence-corrected chi connectivity index (χ4v) is 2.33. The van der Waals surface area contributed by atoms with Gasteiger partial charge >= 0.3 is 0 Å². The zero-order valence-electron chi connectivity index (χ0n) is 11.4. The van der Waals surface area contributed by atoms with Crippen molar-refractivity contribution in [1.29, 1.82) is 0 Å². The number of rotatable bonds is 5. The first-order valence-corrected chi connectivity index (χ1v) is 7.49. The molecule has 2 N–H and O–H groups in total. The first kappa shape index (κ1) is 16.7. The van der Waals surface area contributed by atoms with Crippen LogP contribution in [-0.4, -0.2) is 21.4 Å². The summed E-state index contributed by atoms with van der Waals surface area (Å²) in [5.74, 6) is -0.00695. The lowest BCUT2D eigenvalue weighted by Gasteiger charge is -2.07. The minimum atomic E-state index is -0.392. The average Bonchev–Trinajstić information content (AvgIpc) is 2.81. The maximum Gasteiger partial charge on any atom is 0.173 e. The molecule has 116 valence electrons. The van der Waals surface area contributed by atoms with Gasteiger partial charge in [0.25, 0.3) is 0 Å². The van der Waals surface area contributed by atoms with E-state index in [1.807, 2.05) is 0 Å². The number of hydrogen-bond donors (Lipinski definition) is 2. The van der Waals surface area contributed by atoms with Gasteiger partial charge in [-0.05, 0) is 24.4 Å². The van der Waals surface area contributed by atoms with Crippen molar-refractivity contribution in [2.24, 2.45) is 0 Å². The zero-order valence-corrected chi connectivity index (χ0v) is 13.8. The molecule has 0 unspecified atom stereocenters. The zero-order chi connectivity index (χ0) is 16.1. The number of benzene rings is 1. The number of aromatic nitrogens is 2. The molecular weight excluding hydrogens is 346 g/mol. The van der Waals surface area contributed by atoms with Gasteiger partial charge in [-0.1, -0.05) is 35.3 Å². The molecule has 22 heavy (non-hydrogen) atoms. The van der Waals surface area contributed by atoms with Crippen LogP contribution >= 0.6 is 35.4 Å². The van der Waals surface area contributed by atoms with E-state index in [1.165, 1.54) is 10.7 Å². The quantitative estimate of drug-likeness (QED) is 0.629. The Bertz CT molecular complexity index is 682. The van der Waals surface area contributed by atoms with Crippen molar-refractivity contribution >= 4 is 46.4 Å². The van der Waals surface area contributed by atoms with E-state index >= 15 is 0 Å². The van der Waals surface area contributed by atoms with Gasteiger partial charge in [-0.25, -0.2) is 4.39 Å². The summed E-state index contributed by atoms with van der Waals surface area (Å²) in [7, 11) is 0. The lowest BCUT2D eigenvalue weighted by molar-refractivity contribution is 0.586. The Hall–Kier alpha value is -1.63. The van der Waals surface area contributed by atoms with Gasteiger partial charge < -0.3 is 10.6 Å². The van der Waals surface area contributed by atoms with Crippen LogP contribution < -0.4 is 10.6 Å². The highest BCUT2D eigenvalue weighted by Gasteiger charge is 2.12. The fourth-order valence-electron chi connectivity index (χ4n) is 1.72. The Kier molecular flexibility index (Phi) is 5.76. The van der Waals surface area contributed by atoms with Crippen LogP contribution in [0.4, 0.5) is 10.2 Å². The molecule has 1 heterocycles. The lowest BCUT2D eigenvalue weighted by atomic mass is 10.2. The van der Waals surface area contributed by atoms with Crippen LogP contribution in [-0.2, 0) is 6.54 Å². The smallest absolute Gasteiger partial charge is 0.173 e. The molecule has 0 aliphatic rings. The molecule has 0 atom stereocenters. The highest BCUT2D eigenvalue weighted by molar-refractivity contribution is 7.80. The van der Waals surface area contributed by atoms with Gasteiger partial charge in [-0.3, -0.25) is 4.68 Å². The van der Waals surface area contributed by atoms with Gasteiger partial charge in [-0.15, -0.1) is 6.58 Å². The first-order valence-electron chi connectivity index (χ1n) is 6.33. The van der Waals surface area contributed by atoms with Crippen molar-refractivity contribution < 1.29 is 4.39 Å². The minimum Gasteiger partial charge on any atom is -0.359 e. The van der Waals surface area contributed by atoms with Crippen LogP contribution in [0.15, 0.2) is 37.1 Å². The number of hydrogen-bond acceptors (Lipinski definition) is 2. The molecule has 0 aliphatic heterocycles. The summed E-state index contributed by atoms with van der Waals surface area (Å²) in [6, 6.07) is 4.52. The highest BCUT2D eigenvalue weighted by Crippen LogP contribution is 2.23. The lowest BCUT2D eigenvalue weighted by Crippen LogP contribution is -2.28.